The first-order valence-electron chi connectivity index (χ1n) is 11.5. The van der Waals surface area contributed by atoms with E-state index in [-0.39, 0.29) is 17.8 Å². The Labute approximate surface area is 190 Å². The summed E-state index contributed by atoms with van der Waals surface area (Å²) in [7, 11) is 0. The summed E-state index contributed by atoms with van der Waals surface area (Å²) in [5, 5.41) is 3.05. The Kier molecular flexibility index (Phi) is 5.80. The van der Waals surface area contributed by atoms with Gasteiger partial charge in [-0.15, -0.1) is 0 Å². The highest BCUT2D eigenvalue weighted by Gasteiger charge is 2.43. The third kappa shape index (κ3) is 4.86. The van der Waals surface area contributed by atoms with Gasteiger partial charge >= 0.3 is 6.18 Å². The van der Waals surface area contributed by atoms with E-state index in [9.17, 15) is 22.4 Å². The molecule has 33 heavy (non-hydrogen) atoms. The summed E-state index contributed by atoms with van der Waals surface area (Å²) in [6.45, 7) is 3.23. The molecule has 0 radical (unpaired) electrons. The molecule has 8 heteroatoms. The van der Waals surface area contributed by atoms with Gasteiger partial charge < -0.3 is 10.2 Å². The molecule has 1 N–H and O–H groups in total. The molecule has 0 bridgehead atoms. The standard InChI is InChI=1S/C25H27F4N3O/c26-20-6-3-17(4-7-20)14-31-9-10-32-22-8-5-19(25(27,28)29)11-18(22)12-21(23(32)15-31)24(33)30-13-16-1-2-16/h3-8,11,16,21,23H,1-2,9-10,12-15H2,(H,30,33). The summed E-state index contributed by atoms with van der Waals surface area (Å²) >= 11 is 0. The molecule has 0 spiro atoms. The van der Waals surface area contributed by atoms with Crippen molar-refractivity contribution in [3.8, 4) is 0 Å². The van der Waals surface area contributed by atoms with E-state index in [1.54, 1.807) is 18.2 Å². The molecule has 1 amide bonds. The van der Waals surface area contributed by atoms with Gasteiger partial charge in [0.15, 0.2) is 0 Å². The molecule has 5 rings (SSSR count). The lowest BCUT2D eigenvalue weighted by atomic mass is 9.82. The maximum absolute atomic E-state index is 13.3. The van der Waals surface area contributed by atoms with Gasteiger partial charge in [0.25, 0.3) is 0 Å². The number of alkyl halides is 3. The topological polar surface area (TPSA) is 35.6 Å². The number of carbonyl (C=O) groups is 1. The van der Waals surface area contributed by atoms with Gasteiger partial charge in [0.2, 0.25) is 5.91 Å². The van der Waals surface area contributed by atoms with Crippen molar-refractivity contribution in [2.45, 2.75) is 38.0 Å². The van der Waals surface area contributed by atoms with Crippen molar-refractivity contribution in [2.24, 2.45) is 11.8 Å². The van der Waals surface area contributed by atoms with Gasteiger partial charge in [-0.3, -0.25) is 9.69 Å². The van der Waals surface area contributed by atoms with Crippen LogP contribution in [0, 0.1) is 17.7 Å². The van der Waals surface area contributed by atoms with Gasteiger partial charge in [-0.25, -0.2) is 4.39 Å². The lowest BCUT2D eigenvalue weighted by Crippen LogP contribution is -2.61. The number of fused-ring (bicyclic) bond motifs is 3. The number of nitrogens with one attached hydrogen (secondary N) is 1. The molecular formula is C25H27F4N3O. The van der Waals surface area contributed by atoms with Crippen LogP contribution >= 0.6 is 0 Å². The fourth-order valence-corrected chi connectivity index (χ4v) is 5.05. The van der Waals surface area contributed by atoms with Crippen LogP contribution in [0.3, 0.4) is 0 Å². The number of carbonyl (C=O) groups excluding carboxylic acids is 1. The first kappa shape index (κ1) is 22.2. The van der Waals surface area contributed by atoms with E-state index in [4.69, 9.17) is 0 Å². The third-order valence-corrected chi connectivity index (χ3v) is 7.04. The Balaban J connectivity index is 1.39. The number of nitrogens with zero attached hydrogens (tertiary/aromatic N) is 2. The Morgan fingerprint density at radius 2 is 1.82 bits per heavy atom. The number of halogens is 4. The number of piperazine rings is 1. The van der Waals surface area contributed by atoms with Gasteiger partial charge in [0, 0.05) is 38.4 Å². The largest absolute Gasteiger partial charge is 0.416 e. The normalized spacial score (nSPS) is 23.1. The van der Waals surface area contributed by atoms with Crippen molar-refractivity contribution >= 4 is 11.6 Å². The van der Waals surface area contributed by atoms with Crippen LogP contribution < -0.4 is 10.2 Å². The third-order valence-electron chi connectivity index (χ3n) is 7.04. The molecule has 2 unspecified atom stereocenters. The lowest BCUT2D eigenvalue weighted by molar-refractivity contribution is -0.137. The van der Waals surface area contributed by atoms with Gasteiger partial charge in [0.1, 0.15) is 5.82 Å². The molecule has 176 valence electrons. The van der Waals surface area contributed by atoms with Crippen LogP contribution in [0.25, 0.3) is 0 Å². The van der Waals surface area contributed by atoms with E-state index in [2.05, 4.69) is 15.1 Å². The van der Waals surface area contributed by atoms with Crippen molar-refractivity contribution in [1.82, 2.24) is 10.2 Å². The lowest BCUT2D eigenvalue weighted by Gasteiger charge is -2.49. The number of rotatable bonds is 5. The molecule has 3 aliphatic rings. The van der Waals surface area contributed by atoms with Crippen LogP contribution in [0.2, 0.25) is 0 Å². The van der Waals surface area contributed by atoms with Crippen LogP contribution in [0.4, 0.5) is 23.2 Å². The molecule has 1 saturated carbocycles. The average molecular weight is 462 g/mol. The summed E-state index contributed by atoms with van der Waals surface area (Å²) in [4.78, 5) is 17.5. The van der Waals surface area contributed by atoms with Gasteiger partial charge in [-0.2, -0.15) is 13.2 Å². The number of anilines is 1. The maximum atomic E-state index is 13.3. The van der Waals surface area contributed by atoms with Crippen LogP contribution in [-0.2, 0) is 23.9 Å². The average Bonchev–Trinajstić information content (AvgIpc) is 3.62. The second kappa shape index (κ2) is 8.63. The monoisotopic (exact) mass is 461 g/mol. The summed E-state index contributed by atoms with van der Waals surface area (Å²) in [6.07, 6.45) is -1.89. The number of benzene rings is 2. The van der Waals surface area contributed by atoms with E-state index < -0.39 is 17.7 Å². The van der Waals surface area contributed by atoms with Crippen molar-refractivity contribution in [2.75, 3.05) is 31.1 Å². The first-order valence-corrected chi connectivity index (χ1v) is 11.5. The number of amides is 1. The van der Waals surface area contributed by atoms with Crippen molar-refractivity contribution in [1.29, 1.82) is 0 Å². The zero-order valence-electron chi connectivity index (χ0n) is 18.2. The Bertz CT molecular complexity index is 1020. The van der Waals surface area contributed by atoms with Crippen LogP contribution in [0.5, 0.6) is 0 Å². The van der Waals surface area contributed by atoms with Crippen molar-refractivity contribution in [3.63, 3.8) is 0 Å². The minimum absolute atomic E-state index is 0.0800. The SMILES string of the molecule is O=C(NCC1CC1)C1Cc2cc(C(F)(F)F)ccc2N2CCN(Cc3ccc(F)cc3)CC12. The van der Waals surface area contributed by atoms with Crippen molar-refractivity contribution in [3.05, 3.63) is 65.0 Å². The van der Waals surface area contributed by atoms with E-state index >= 15 is 0 Å². The molecule has 2 heterocycles. The Hall–Kier alpha value is -2.61. The molecular weight excluding hydrogens is 434 g/mol. The van der Waals surface area contributed by atoms with E-state index in [1.165, 1.54) is 18.2 Å². The van der Waals surface area contributed by atoms with Crippen molar-refractivity contribution < 1.29 is 22.4 Å². The molecule has 0 aromatic heterocycles. The predicted molar refractivity (Wildman–Crippen MR) is 117 cm³/mol. The summed E-state index contributed by atoms with van der Waals surface area (Å²) < 4.78 is 53.2. The zero-order chi connectivity index (χ0) is 23.2. The maximum Gasteiger partial charge on any atom is 0.416 e. The summed E-state index contributed by atoms with van der Waals surface area (Å²) in [5.41, 5.74) is 1.69. The van der Waals surface area contributed by atoms with Crippen LogP contribution in [0.15, 0.2) is 42.5 Å². The fourth-order valence-electron chi connectivity index (χ4n) is 5.05. The molecule has 1 aliphatic carbocycles. The van der Waals surface area contributed by atoms with E-state index in [0.717, 1.165) is 30.2 Å². The minimum atomic E-state index is -4.41. The molecule has 2 atom stereocenters. The highest BCUT2D eigenvalue weighted by molar-refractivity contribution is 5.82. The van der Waals surface area contributed by atoms with Gasteiger partial charge in [-0.05, 0) is 66.6 Å². The fraction of sp³-hybridized carbons (Fsp3) is 0.480. The van der Waals surface area contributed by atoms with Gasteiger partial charge in [-0.1, -0.05) is 12.1 Å². The Morgan fingerprint density at radius 1 is 1.06 bits per heavy atom. The number of hydrogen-bond donors (Lipinski definition) is 1. The summed E-state index contributed by atoms with van der Waals surface area (Å²) in [5.74, 6) is -0.253. The highest BCUT2D eigenvalue weighted by atomic mass is 19.4. The zero-order valence-corrected chi connectivity index (χ0v) is 18.2. The highest BCUT2D eigenvalue weighted by Crippen LogP contribution is 2.40. The molecule has 2 aromatic rings. The van der Waals surface area contributed by atoms with E-state index in [0.29, 0.717) is 50.6 Å². The molecule has 2 aromatic carbocycles. The van der Waals surface area contributed by atoms with Crippen LogP contribution in [0.1, 0.15) is 29.5 Å². The molecule has 2 fully saturated rings. The minimum Gasteiger partial charge on any atom is -0.365 e. The Morgan fingerprint density at radius 3 is 2.52 bits per heavy atom. The quantitative estimate of drug-likeness (QED) is 0.677. The molecule has 4 nitrogen and oxygen atoms in total. The van der Waals surface area contributed by atoms with Gasteiger partial charge in [0.05, 0.1) is 17.5 Å². The van der Waals surface area contributed by atoms with Crippen LogP contribution in [-0.4, -0.2) is 43.0 Å². The second-order valence-corrected chi connectivity index (χ2v) is 9.46. The second-order valence-electron chi connectivity index (χ2n) is 9.46. The first-order chi connectivity index (χ1) is 15.8. The summed E-state index contributed by atoms with van der Waals surface area (Å²) in [6, 6.07) is 10.2. The predicted octanol–water partition coefficient (Wildman–Crippen LogP) is 4.23. The van der Waals surface area contributed by atoms with E-state index in [1.807, 2.05) is 0 Å². The number of hydrogen-bond acceptors (Lipinski definition) is 3. The smallest absolute Gasteiger partial charge is 0.365 e. The molecule has 1 saturated heterocycles. The molecule has 2 aliphatic heterocycles.